The van der Waals surface area contributed by atoms with Crippen molar-refractivity contribution in [2.45, 2.75) is 32.8 Å². The molecule has 20 heavy (non-hydrogen) atoms. The molecule has 0 aliphatic carbocycles. The van der Waals surface area contributed by atoms with Crippen LogP contribution in [0, 0.1) is 13.8 Å². The topological polar surface area (TPSA) is 63.5 Å². The first kappa shape index (κ1) is 14.9. The molecular formula is C13H21N5OS. The van der Waals surface area contributed by atoms with E-state index in [0.29, 0.717) is 5.11 Å². The normalized spacial score (nSPS) is 18.6. The number of aromatic nitrogens is 2. The van der Waals surface area contributed by atoms with E-state index in [1.54, 1.807) is 6.21 Å². The fourth-order valence-corrected chi connectivity index (χ4v) is 2.32. The maximum Gasteiger partial charge on any atom is 0.187 e. The summed E-state index contributed by atoms with van der Waals surface area (Å²) in [4.78, 5) is 0. The van der Waals surface area contributed by atoms with Gasteiger partial charge in [-0.25, -0.2) is 0 Å². The van der Waals surface area contributed by atoms with E-state index < -0.39 is 0 Å². The number of aryl methyl sites for hydroxylation is 2. The Morgan fingerprint density at radius 3 is 3.00 bits per heavy atom. The molecule has 1 atom stereocenters. The van der Waals surface area contributed by atoms with Crippen molar-refractivity contribution in [1.82, 2.24) is 20.5 Å². The molecule has 0 aromatic carbocycles. The van der Waals surface area contributed by atoms with Crippen LogP contribution in [0.3, 0.4) is 0 Å². The highest BCUT2D eigenvalue weighted by molar-refractivity contribution is 7.80. The van der Waals surface area contributed by atoms with E-state index >= 15 is 0 Å². The second kappa shape index (κ2) is 6.81. The largest absolute Gasteiger partial charge is 0.376 e. The molecule has 2 heterocycles. The van der Waals surface area contributed by atoms with Gasteiger partial charge < -0.3 is 10.1 Å². The van der Waals surface area contributed by atoms with Crippen molar-refractivity contribution < 1.29 is 4.74 Å². The summed E-state index contributed by atoms with van der Waals surface area (Å²) in [6, 6.07) is 0. The molecule has 1 fully saturated rings. The molecule has 1 saturated heterocycles. The van der Waals surface area contributed by atoms with Gasteiger partial charge in [0.1, 0.15) is 0 Å². The monoisotopic (exact) mass is 295 g/mol. The quantitative estimate of drug-likeness (QED) is 0.493. The predicted octanol–water partition coefficient (Wildman–Crippen LogP) is 1.01. The highest BCUT2D eigenvalue weighted by Gasteiger charge is 2.15. The molecule has 2 N–H and O–H groups in total. The maximum atomic E-state index is 5.51. The number of hydrogen-bond donors (Lipinski definition) is 2. The Kier molecular flexibility index (Phi) is 5.08. The average Bonchev–Trinajstić information content (AvgIpc) is 3.00. The van der Waals surface area contributed by atoms with Crippen LogP contribution in [0.4, 0.5) is 0 Å². The second-order valence-electron chi connectivity index (χ2n) is 4.92. The van der Waals surface area contributed by atoms with Gasteiger partial charge in [0.05, 0.1) is 18.0 Å². The summed E-state index contributed by atoms with van der Waals surface area (Å²) < 4.78 is 7.35. The number of rotatable bonds is 4. The zero-order chi connectivity index (χ0) is 14.5. The van der Waals surface area contributed by atoms with Crippen LogP contribution in [0.2, 0.25) is 0 Å². The fraction of sp³-hybridized carbons (Fsp3) is 0.615. The summed E-state index contributed by atoms with van der Waals surface area (Å²) in [6.07, 6.45) is 4.23. The van der Waals surface area contributed by atoms with Crippen LogP contribution in [0.15, 0.2) is 5.10 Å². The molecule has 7 heteroatoms. The molecule has 1 aliphatic heterocycles. The maximum absolute atomic E-state index is 5.51. The number of ether oxygens (including phenoxy) is 1. The minimum absolute atomic E-state index is 0.265. The third-order valence-corrected chi connectivity index (χ3v) is 3.67. The molecule has 0 bridgehead atoms. The van der Waals surface area contributed by atoms with E-state index in [2.05, 4.69) is 20.9 Å². The first-order chi connectivity index (χ1) is 9.58. The Hall–Kier alpha value is -1.47. The Morgan fingerprint density at radius 1 is 1.60 bits per heavy atom. The number of nitrogens with zero attached hydrogens (tertiary/aromatic N) is 3. The summed E-state index contributed by atoms with van der Waals surface area (Å²) in [5.41, 5.74) is 5.86. The number of nitrogens with one attached hydrogen (secondary N) is 2. The van der Waals surface area contributed by atoms with Gasteiger partial charge in [0.25, 0.3) is 0 Å². The number of hydrazone groups is 1. The van der Waals surface area contributed by atoms with Crippen molar-refractivity contribution in [2.24, 2.45) is 12.1 Å². The van der Waals surface area contributed by atoms with Crippen LogP contribution in [-0.2, 0) is 11.8 Å². The van der Waals surface area contributed by atoms with Gasteiger partial charge in [-0.1, -0.05) is 0 Å². The number of hydrogen-bond acceptors (Lipinski definition) is 4. The lowest BCUT2D eigenvalue weighted by Crippen LogP contribution is -2.37. The zero-order valence-corrected chi connectivity index (χ0v) is 13.0. The summed E-state index contributed by atoms with van der Waals surface area (Å²) in [7, 11) is 1.92. The third-order valence-electron chi connectivity index (χ3n) is 3.44. The van der Waals surface area contributed by atoms with Gasteiger partial charge in [-0.15, -0.1) is 0 Å². The van der Waals surface area contributed by atoms with Gasteiger partial charge in [0, 0.05) is 31.5 Å². The van der Waals surface area contributed by atoms with Gasteiger partial charge in [0.2, 0.25) is 0 Å². The predicted molar refractivity (Wildman–Crippen MR) is 83.0 cm³/mol. The first-order valence-electron chi connectivity index (χ1n) is 6.76. The minimum Gasteiger partial charge on any atom is -0.376 e. The average molecular weight is 295 g/mol. The van der Waals surface area contributed by atoms with Crippen molar-refractivity contribution in [3.05, 3.63) is 17.0 Å². The van der Waals surface area contributed by atoms with Crippen molar-refractivity contribution in [3.8, 4) is 0 Å². The van der Waals surface area contributed by atoms with Gasteiger partial charge in [-0.3, -0.25) is 10.1 Å². The van der Waals surface area contributed by atoms with Crippen LogP contribution < -0.4 is 10.7 Å². The van der Waals surface area contributed by atoms with Crippen molar-refractivity contribution in [3.63, 3.8) is 0 Å². The minimum atomic E-state index is 0.265. The molecule has 1 aromatic heterocycles. The van der Waals surface area contributed by atoms with E-state index in [4.69, 9.17) is 17.0 Å². The smallest absolute Gasteiger partial charge is 0.187 e. The van der Waals surface area contributed by atoms with Gasteiger partial charge >= 0.3 is 0 Å². The first-order valence-corrected chi connectivity index (χ1v) is 7.17. The summed E-state index contributed by atoms with van der Waals surface area (Å²) in [5.74, 6) is 0. The zero-order valence-electron chi connectivity index (χ0n) is 12.1. The molecule has 110 valence electrons. The van der Waals surface area contributed by atoms with Crippen molar-refractivity contribution in [1.29, 1.82) is 0 Å². The second-order valence-corrected chi connectivity index (χ2v) is 5.33. The molecule has 0 amide bonds. The molecule has 0 unspecified atom stereocenters. The summed E-state index contributed by atoms with van der Waals surface area (Å²) >= 11 is 5.16. The van der Waals surface area contributed by atoms with E-state index in [-0.39, 0.29) is 6.10 Å². The SMILES string of the molecule is Cc1nn(C)c(C)c1C=NNC(=S)NC[C@H]1CCCO1. The Labute approximate surface area is 124 Å². The van der Waals surface area contributed by atoms with Gasteiger partial charge in [0.15, 0.2) is 5.11 Å². The van der Waals surface area contributed by atoms with E-state index in [1.807, 2.05) is 25.6 Å². The molecule has 1 aromatic rings. The molecular weight excluding hydrogens is 274 g/mol. The Morgan fingerprint density at radius 2 is 2.40 bits per heavy atom. The van der Waals surface area contributed by atoms with Crippen LogP contribution in [0.25, 0.3) is 0 Å². The lowest BCUT2D eigenvalue weighted by molar-refractivity contribution is 0.114. The number of thiocarbonyl (C=S) groups is 1. The van der Waals surface area contributed by atoms with Gasteiger partial charge in [-0.05, 0) is 38.9 Å². The fourth-order valence-electron chi connectivity index (χ4n) is 2.18. The van der Waals surface area contributed by atoms with E-state index in [1.165, 1.54) is 0 Å². The molecule has 2 rings (SSSR count). The van der Waals surface area contributed by atoms with Crippen molar-refractivity contribution >= 4 is 23.5 Å². The summed E-state index contributed by atoms with van der Waals surface area (Å²) in [5, 5.41) is 12.1. The summed E-state index contributed by atoms with van der Waals surface area (Å²) in [6.45, 7) is 5.55. The standard InChI is InChI=1S/C13H21N5OS/c1-9-12(10(2)18(3)17-9)8-15-16-13(20)14-7-11-5-4-6-19-11/h8,11H,4-7H2,1-3H3,(H2,14,16,20)/t11-/m1/s1. The van der Waals surface area contributed by atoms with Crippen LogP contribution >= 0.6 is 12.2 Å². The molecule has 0 spiro atoms. The van der Waals surface area contributed by atoms with Crippen molar-refractivity contribution in [2.75, 3.05) is 13.2 Å². The Bertz CT molecular complexity index is 505. The van der Waals surface area contributed by atoms with E-state index in [0.717, 1.165) is 42.9 Å². The highest BCUT2D eigenvalue weighted by atomic mass is 32.1. The highest BCUT2D eigenvalue weighted by Crippen LogP contribution is 2.10. The van der Waals surface area contributed by atoms with Gasteiger partial charge in [-0.2, -0.15) is 10.2 Å². The lowest BCUT2D eigenvalue weighted by atomic mass is 10.2. The molecule has 1 aliphatic rings. The Balaban J connectivity index is 1.78. The van der Waals surface area contributed by atoms with E-state index in [9.17, 15) is 0 Å². The lowest BCUT2D eigenvalue weighted by Gasteiger charge is -2.11. The van der Waals surface area contributed by atoms with Crippen LogP contribution in [-0.4, -0.2) is 40.4 Å². The van der Waals surface area contributed by atoms with Crippen LogP contribution in [0.5, 0.6) is 0 Å². The molecule has 0 saturated carbocycles. The third kappa shape index (κ3) is 3.77. The van der Waals surface area contributed by atoms with Crippen LogP contribution in [0.1, 0.15) is 29.8 Å². The molecule has 6 nitrogen and oxygen atoms in total. The molecule has 0 radical (unpaired) electrons.